The summed E-state index contributed by atoms with van der Waals surface area (Å²) in [6.45, 7) is 7.83. The Hall–Kier alpha value is -2.85. The van der Waals surface area contributed by atoms with Crippen LogP contribution in [0.3, 0.4) is 0 Å². The maximum Gasteiger partial charge on any atom is 0.330 e. The van der Waals surface area contributed by atoms with E-state index < -0.39 is 47.6 Å². The minimum atomic E-state index is -1.64. The summed E-state index contributed by atoms with van der Waals surface area (Å²) < 4.78 is 29.6. The maximum absolute atomic E-state index is 13.1. The van der Waals surface area contributed by atoms with Gasteiger partial charge in [0.1, 0.15) is 6.29 Å². The van der Waals surface area contributed by atoms with Crippen LogP contribution in [0.25, 0.3) is 0 Å². The molecule has 5 atom stereocenters. The van der Waals surface area contributed by atoms with Gasteiger partial charge in [0.25, 0.3) is 0 Å². The van der Waals surface area contributed by atoms with Crippen LogP contribution in [0.4, 0.5) is 0 Å². The summed E-state index contributed by atoms with van der Waals surface area (Å²) >= 11 is 0. The first-order valence-corrected chi connectivity index (χ1v) is 15.2. The van der Waals surface area contributed by atoms with E-state index in [9.17, 15) is 19.5 Å². The number of rotatable bonds is 18. The number of hydrogen-bond donors (Lipinski definition) is 1. The Morgan fingerprint density at radius 2 is 1.82 bits per heavy atom. The van der Waals surface area contributed by atoms with Crippen molar-refractivity contribution < 1.29 is 43.2 Å². The lowest BCUT2D eigenvalue weighted by molar-refractivity contribution is -0.338. The second kappa shape index (κ2) is 19.5. The Balaban J connectivity index is 0.00000968. The molecule has 2 rings (SSSR count). The second-order valence-corrected chi connectivity index (χ2v) is 11.6. The summed E-state index contributed by atoms with van der Waals surface area (Å²) in [6, 6.07) is 9.66. The maximum atomic E-state index is 13.1. The minimum Gasteiger partial charge on any atom is -0.466 e. The third-order valence-corrected chi connectivity index (χ3v) is 7.92. The number of carbonyl (C=O) groups excluding carboxylic acids is 3. The SMILES string of the molecule is C.CCCCCCCC(=O)O[C@H]1/C(=C/C(=O)OC)C[C@@H](C[C@@H](O)[C@@H](C)OCc2ccccc2)O[C@@]1(OC)C(C)(C)/C=C/C=O. The van der Waals surface area contributed by atoms with Gasteiger partial charge in [0, 0.05) is 31.4 Å². The number of carbonyl (C=O) groups is 3. The molecule has 1 aliphatic heterocycles. The molecule has 1 N–H and O–H groups in total. The van der Waals surface area contributed by atoms with E-state index in [2.05, 4.69) is 6.92 Å². The van der Waals surface area contributed by atoms with Crippen molar-refractivity contribution in [3.63, 3.8) is 0 Å². The van der Waals surface area contributed by atoms with Crippen molar-refractivity contribution in [2.24, 2.45) is 5.41 Å². The van der Waals surface area contributed by atoms with E-state index in [1.807, 2.05) is 30.3 Å². The molecule has 0 bridgehead atoms. The molecule has 1 aliphatic rings. The van der Waals surface area contributed by atoms with Crippen molar-refractivity contribution in [3.05, 3.63) is 59.7 Å². The van der Waals surface area contributed by atoms with E-state index in [0.717, 1.165) is 31.2 Å². The highest BCUT2D eigenvalue weighted by Gasteiger charge is 2.59. The summed E-state index contributed by atoms with van der Waals surface area (Å²) in [5, 5.41) is 11.1. The molecule has 0 aliphatic carbocycles. The fourth-order valence-corrected chi connectivity index (χ4v) is 5.34. The molecular formula is C35H54O9. The van der Waals surface area contributed by atoms with E-state index in [4.69, 9.17) is 23.7 Å². The molecule has 1 fully saturated rings. The normalized spacial score (nSPS) is 22.7. The summed E-state index contributed by atoms with van der Waals surface area (Å²) in [6.07, 6.45) is 7.00. The van der Waals surface area contributed by atoms with Gasteiger partial charge in [0.05, 0.1) is 32.0 Å². The van der Waals surface area contributed by atoms with Gasteiger partial charge < -0.3 is 28.8 Å². The van der Waals surface area contributed by atoms with Crippen molar-refractivity contribution in [2.75, 3.05) is 14.2 Å². The fourth-order valence-electron chi connectivity index (χ4n) is 5.34. The van der Waals surface area contributed by atoms with Crippen LogP contribution in [0.2, 0.25) is 0 Å². The molecule has 0 aromatic heterocycles. The van der Waals surface area contributed by atoms with Crippen LogP contribution in [-0.4, -0.2) is 67.8 Å². The number of benzene rings is 1. The van der Waals surface area contributed by atoms with E-state index in [1.165, 1.54) is 26.4 Å². The summed E-state index contributed by atoms with van der Waals surface area (Å²) in [5.74, 6) is -2.71. The number of aliphatic hydroxyl groups excluding tert-OH is 1. The van der Waals surface area contributed by atoms with Gasteiger partial charge in [-0.15, -0.1) is 0 Å². The summed E-state index contributed by atoms with van der Waals surface area (Å²) in [7, 11) is 2.70. The minimum absolute atomic E-state index is 0. The van der Waals surface area contributed by atoms with Gasteiger partial charge in [-0.05, 0) is 37.0 Å². The van der Waals surface area contributed by atoms with Crippen molar-refractivity contribution in [1.82, 2.24) is 0 Å². The lowest BCUT2D eigenvalue weighted by Gasteiger charge is -2.53. The molecule has 9 nitrogen and oxygen atoms in total. The van der Waals surface area contributed by atoms with Crippen LogP contribution < -0.4 is 0 Å². The van der Waals surface area contributed by atoms with Gasteiger partial charge >= 0.3 is 11.9 Å². The van der Waals surface area contributed by atoms with Gasteiger partial charge in [-0.1, -0.05) is 90.3 Å². The smallest absolute Gasteiger partial charge is 0.330 e. The number of allylic oxidation sites excluding steroid dienone is 1. The van der Waals surface area contributed by atoms with Crippen LogP contribution in [0, 0.1) is 5.41 Å². The van der Waals surface area contributed by atoms with Crippen LogP contribution >= 0.6 is 0 Å². The number of ether oxygens (including phenoxy) is 5. The Labute approximate surface area is 263 Å². The van der Waals surface area contributed by atoms with Gasteiger partial charge in [-0.2, -0.15) is 0 Å². The molecule has 1 aromatic rings. The highest BCUT2D eigenvalue weighted by Crippen LogP contribution is 2.48. The van der Waals surface area contributed by atoms with E-state index in [0.29, 0.717) is 24.9 Å². The number of aliphatic hydroxyl groups is 1. The average Bonchev–Trinajstić information content (AvgIpc) is 3.00. The lowest BCUT2D eigenvalue weighted by atomic mass is 9.74. The highest BCUT2D eigenvalue weighted by molar-refractivity contribution is 5.83. The number of methoxy groups -OCH3 is 2. The zero-order chi connectivity index (χ0) is 31.9. The Morgan fingerprint density at radius 3 is 2.43 bits per heavy atom. The first-order chi connectivity index (χ1) is 20.5. The lowest BCUT2D eigenvalue weighted by Crippen LogP contribution is -2.63. The highest BCUT2D eigenvalue weighted by atomic mass is 16.7. The monoisotopic (exact) mass is 618 g/mol. The van der Waals surface area contributed by atoms with Crippen molar-refractivity contribution in [2.45, 2.75) is 123 Å². The number of aldehydes is 1. The molecule has 0 saturated carbocycles. The van der Waals surface area contributed by atoms with Crippen LogP contribution in [0.15, 0.2) is 54.1 Å². The summed E-state index contributed by atoms with van der Waals surface area (Å²) in [5.41, 5.74) is 0.390. The van der Waals surface area contributed by atoms with Gasteiger partial charge in [0.2, 0.25) is 5.79 Å². The number of hydrogen-bond acceptors (Lipinski definition) is 9. The molecule has 1 aromatic carbocycles. The predicted octanol–water partition coefficient (Wildman–Crippen LogP) is 6.26. The molecule has 0 unspecified atom stereocenters. The Bertz CT molecular complexity index is 1070. The largest absolute Gasteiger partial charge is 0.466 e. The number of unbranched alkanes of at least 4 members (excludes halogenated alkanes) is 4. The van der Waals surface area contributed by atoms with Gasteiger partial charge in [-0.25, -0.2) is 4.79 Å². The molecule has 1 saturated heterocycles. The number of esters is 2. The zero-order valence-corrected chi connectivity index (χ0v) is 26.6. The third-order valence-electron chi connectivity index (χ3n) is 7.92. The van der Waals surface area contributed by atoms with Crippen molar-refractivity contribution in [1.29, 1.82) is 0 Å². The molecular weight excluding hydrogens is 564 g/mol. The van der Waals surface area contributed by atoms with Crippen molar-refractivity contribution in [3.8, 4) is 0 Å². The molecule has 44 heavy (non-hydrogen) atoms. The Kier molecular flexibility index (Phi) is 17.4. The Morgan fingerprint density at radius 1 is 1.14 bits per heavy atom. The zero-order valence-electron chi connectivity index (χ0n) is 26.6. The third kappa shape index (κ3) is 11.3. The van der Waals surface area contributed by atoms with E-state index in [1.54, 1.807) is 26.8 Å². The molecule has 0 amide bonds. The quantitative estimate of drug-likeness (QED) is 0.0880. The van der Waals surface area contributed by atoms with E-state index in [-0.39, 0.29) is 26.7 Å². The van der Waals surface area contributed by atoms with Gasteiger partial charge in [-0.3, -0.25) is 9.59 Å². The first-order valence-electron chi connectivity index (χ1n) is 15.2. The molecule has 1 heterocycles. The average molecular weight is 619 g/mol. The van der Waals surface area contributed by atoms with Crippen LogP contribution in [0.1, 0.15) is 92.1 Å². The second-order valence-electron chi connectivity index (χ2n) is 11.6. The standard InChI is InChI=1S/C34H50O9.CH4/c1-7-8-9-10-14-18-30(37)42-32-27(22-31(38)39-5)21-28(43-34(32,40-6)33(3,4)19-15-20-35)23-29(36)25(2)41-24-26-16-12-11-13-17-26;/h11-13,15-17,19-20,22,25,28-29,32,36H,7-10,14,18,21,23-24H2,1-6H3;1H4/b19-15+,27-22+;/t25-,28+,29-,32+,34-;/m1./s1. The molecule has 9 heteroatoms. The van der Waals surface area contributed by atoms with E-state index >= 15 is 0 Å². The molecule has 248 valence electrons. The van der Waals surface area contributed by atoms with Crippen molar-refractivity contribution >= 4 is 18.2 Å². The van der Waals surface area contributed by atoms with Crippen LogP contribution in [-0.2, 0) is 44.7 Å². The van der Waals surface area contributed by atoms with Crippen LogP contribution in [0.5, 0.6) is 0 Å². The fraction of sp³-hybridized carbons (Fsp3) is 0.629. The summed E-state index contributed by atoms with van der Waals surface area (Å²) in [4.78, 5) is 36.9. The van der Waals surface area contributed by atoms with Gasteiger partial charge in [0.15, 0.2) is 6.10 Å². The predicted molar refractivity (Wildman–Crippen MR) is 170 cm³/mol. The first kappa shape index (κ1) is 39.2. The molecule has 0 spiro atoms. The topological polar surface area (TPSA) is 118 Å². The molecule has 0 radical (unpaired) electrons.